The Morgan fingerprint density at radius 2 is 1.59 bits per heavy atom. The number of hydrogen-bond acceptors (Lipinski definition) is 4. The standard InChI is InChI=1S/C24H22ClN3O3S/c25-19-12-10-18(11-13-19)23-21(16-29)28(15-14-17-6-2-1-3-7-17)27-24(23)20-8-4-5-9-22(20)32(26,30)31/h1-13,29H,14-16H2,(H2,26,30,31). The lowest BCUT2D eigenvalue weighted by molar-refractivity contribution is 0.268. The Balaban J connectivity index is 1.91. The van der Waals surface area contributed by atoms with Crippen LogP contribution in [0.5, 0.6) is 0 Å². The number of nitrogens with zero attached hydrogens (tertiary/aromatic N) is 2. The van der Waals surface area contributed by atoms with Gasteiger partial charge in [-0.2, -0.15) is 5.10 Å². The molecule has 0 atom stereocenters. The molecule has 0 saturated heterocycles. The number of rotatable bonds is 7. The maximum atomic E-state index is 12.3. The van der Waals surface area contributed by atoms with Crippen molar-refractivity contribution in [2.24, 2.45) is 5.14 Å². The number of aliphatic hydroxyl groups excluding tert-OH is 1. The van der Waals surface area contributed by atoms with Crippen molar-refractivity contribution < 1.29 is 13.5 Å². The zero-order chi connectivity index (χ0) is 22.7. The van der Waals surface area contributed by atoms with E-state index in [1.165, 1.54) is 6.07 Å². The van der Waals surface area contributed by atoms with Crippen molar-refractivity contribution in [1.29, 1.82) is 0 Å². The van der Waals surface area contributed by atoms with Crippen molar-refractivity contribution in [2.75, 3.05) is 0 Å². The predicted octanol–water partition coefficient (Wildman–Crippen LogP) is 4.25. The van der Waals surface area contributed by atoms with Gasteiger partial charge in [-0.05, 0) is 35.7 Å². The van der Waals surface area contributed by atoms with E-state index in [-0.39, 0.29) is 11.5 Å². The fraction of sp³-hybridized carbons (Fsp3) is 0.125. The molecule has 4 aromatic rings. The molecule has 0 aliphatic rings. The maximum absolute atomic E-state index is 12.3. The first-order valence-corrected chi connectivity index (χ1v) is 11.9. The highest BCUT2D eigenvalue weighted by Gasteiger charge is 2.24. The highest BCUT2D eigenvalue weighted by molar-refractivity contribution is 7.89. The van der Waals surface area contributed by atoms with E-state index in [4.69, 9.17) is 21.8 Å². The van der Waals surface area contributed by atoms with Crippen molar-refractivity contribution in [3.63, 3.8) is 0 Å². The third-order valence-electron chi connectivity index (χ3n) is 5.24. The first-order valence-electron chi connectivity index (χ1n) is 10.0. The van der Waals surface area contributed by atoms with Gasteiger partial charge in [0, 0.05) is 22.7 Å². The second-order valence-electron chi connectivity index (χ2n) is 7.34. The summed E-state index contributed by atoms with van der Waals surface area (Å²) < 4.78 is 26.3. The molecule has 0 amide bonds. The minimum Gasteiger partial charge on any atom is -0.390 e. The van der Waals surface area contributed by atoms with Crippen LogP contribution in [-0.2, 0) is 29.6 Å². The molecule has 1 aromatic heterocycles. The fourth-order valence-electron chi connectivity index (χ4n) is 3.74. The van der Waals surface area contributed by atoms with Crippen LogP contribution < -0.4 is 5.14 Å². The topological polar surface area (TPSA) is 98.2 Å². The number of halogens is 1. The molecule has 0 radical (unpaired) electrons. The molecule has 164 valence electrons. The van der Waals surface area contributed by atoms with Gasteiger partial charge >= 0.3 is 0 Å². The molecule has 4 rings (SSSR count). The molecule has 32 heavy (non-hydrogen) atoms. The third-order valence-corrected chi connectivity index (χ3v) is 6.47. The molecule has 6 nitrogen and oxygen atoms in total. The Morgan fingerprint density at radius 3 is 2.25 bits per heavy atom. The average molecular weight is 468 g/mol. The summed E-state index contributed by atoms with van der Waals surface area (Å²) in [7, 11) is -3.99. The molecule has 0 saturated carbocycles. The van der Waals surface area contributed by atoms with Crippen LogP contribution in [0, 0.1) is 0 Å². The Labute approximate surface area is 192 Å². The SMILES string of the molecule is NS(=O)(=O)c1ccccc1-c1nn(CCc2ccccc2)c(CO)c1-c1ccc(Cl)cc1. The van der Waals surface area contributed by atoms with E-state index in [1.807, 2.05) is 42.5 Å². The van der Waals surface area contributed by atoms with Crippen molar-refractivity contribution in [3.8, 4) is 22.4 Å². The van der Waals surface area contributed by atoms with Crippen LogP contribution in [0.25, 0.3) is 22.4 Å². The van der Waals surface area contributed by atoms with Crippen molar-refractivity contribution in [2.45, 2.75) is 24.5 Å². The predicted molar refractivity (Wildman–Crippen MR) is 126 cm³/mol. The van der Waals surface area contributed by atoms with Gasteiger partial charge in [-0.3, -0.25) is 4.68 Å². The van der Waals surface area contributed by atoms with Crippen LogP contribution in [0.3, 0.4) is 0 Å². The monoisotopic (exact) mass is 467 g/mol. The second kappa shape index (κ2) is 9.26. The van der Waals surface area contributed by atoms with Crippen LogP contribution in [0.4, 0.5) is 0 Å². The molecule has 0 unspecified atom stereocenters. The van der Waals surface area contributed by atoms with E-state index in [9.17, 15) is 13.5 Å². The lowest BCUT2D eigenvalue weighted by Gasteiger charge is -2.09. The molecule has 1 heterocycles. The van der Waals surface area contributed by atoms with Gasteiger partial charge < -0.3 is 5.11 Å². The van der Waals surface area contributed by atoms with Crippen LogP contribution >= 0.6 is 11.6 Å². The van der Waals surface area contributed by atoms with Crippen LogP contribution in [0.15, 0.2) is 83.8 Å². The molecule has 0 fully saturated rings. The lowest BCUT2D eigenvalue weighted by atomic mass is 9.99. The summed E-state index contributed by atoms with van der Waals surface area (Å²) in [4.78, 5) is -0.0209. The smallest absolute Gasteiger partial charge is 0.238 e. The largest absolute Gasteiger partial charge is 0.390 e. The fourth-order valence-corrected chi connectivity index (χ4v) is 4.61. The second-order valence-corrected chi connectivity index (χ2v) is 9.30. The first kappa shape index (κ1) is 22.2. The zero-order valence-corrected chi connectivity index (χ0v) is 18.7. The number of sulfonamides is 1. The minimum absolute atomic E-state index is 0.0209. The van der Waals surface area contributed by atoms with Crippen molar-refractivity contribution in [1.82, 2.24) is 9.78 Å². The molecule has 3 aromatic carbocycles. The van der Waals surface area contributed by atoms with Crippen LogP contribution in [0.1, 0.15) is 11.3 Å². The Morgan fingerprint density at radius 1 is 0.938 bits per heavy atom. The lowest BCUT2D eigenvalue weighted by Crippen LogP contribution is -2.13. The number of hydrogen-bond donors (Lipinski definition) is 2. The van der Waals surface area contributed by atoms with Crippen molar-refractivity contribution >= 4 is 21.6 Å². The van der Waals surface area contributed by atoms with E-state index in [0.29, 0.717) is 40.5 Å². The van der Waals surface area contributed by atoms with Gasteiger partial charge in [0.1, 0.15) is 5.69 Å². The minimum atomic E-state index is -3.99. The molecular weight excluding hydrogens is 446 g/mol. The Hall–Kier alpha value is -2.97. The zero-order valence-electron chi connectivity index (χ0n) is 17.1. The number of aromatic nitrogens is 2. The summed E-state index contributed by atoms with van der Waals surface area (Å²) in [6, 6.07) is 23.6. The molecular formula is C24H22ClN3O3S. The number of nitrogens with two attached hydrogens (primary N) is 1. The molecule has 0 aliphatic carbocycles. The van der Waals surface area contributed by atoms with Gasteiger partial charge in [-0.25, -0.2) is 13.6 Å². The highest BCUT2D eigenvalue weighted by Crippen LogP contribution is 2.37. The van der Waals surface area contributed by atoms with Crippen molar-refractivity contribution in [3.05, 3.63) is 95.1 Å². The summed E-state index contributed by atoms with van der Waals surface area (Å²) in [5.74, 6) is 0. The normalized spacial score (nSPS) is 11.6. The number of primary sulfonamides is 1. The molecule has 0 bridgehead atoms. The number of aliphatic hydroxyl groups is 1. The van der Waals surface area contributed by atoms with Gasteiger partial charge in [0.25, 0.3) is 0 Å². The Bertz CT molecular complexity index is 1330. The van der Waals surface area contributed by atoms with Gasteiger partial charge in [-0.15, -0.1) is 0 Å². The van der Waals surface area contributed by atoms with Gasteiger partial charge in [0.15, 0.2) is 0 Å². The average Bonchev–Trinajstić information content (AvgIpc) is 3.17. The number of aryl methyl sites for hydroxylation is 2. The summed E-state index contributed by atoms with van der Waals surface area (Å²) in [6.45, 7) is 0.245. The van der Waals surface area contributed by atoms with Crippen LogP contribution in [0.2, 0.25) is 5.02 Å². The molecule has 0 aliphatic heterocycles. The molecule has 8 heteroatoms. The van der Waals surface area contributed by atoms with E-state index in [1.54, 1.807) is 35.0 Å². The van der Waals surface area contributed by atoms with E-state index < -0.39 is 10.0 Å². The quantitative estimate of drug-likeness (QED) is 0.424. The molecule has 3 N–H and O–H groups in total. The third kappa shape index (κ3) is 4.61. The highest BCUT2D eigenvalue weighted by atomic mass is 35.5. The Kier molecular flexibility index (Phi) is 6.43. The summed E-state index contributed by atoms with van der Waals surface area (Å²) >= 11 is 6.07. The van der Waals surface area contributed by atoms with Gasteiger partial charge in [0.2, 0.25) is 10.0 Å². The summed E-state index contributed by atoms with van der Waals surface area (Å²) in [5.41, 5.74) is 3.95. The van der Waals surface area contributed by atoms with Gasteiger partial charge in [-0.1, -0.05) is 72.3 Å². The molecule has 0 spiro atoms. The van der Waals surface area contributed by atoms with E-state index >= 15 is 0 Å². The summed E-state index contributed by atoms with van der Waals surface area (Å²) in [6.07, 6.45) is 0.700. The van der Waals surface area contributed by atoms with Gasteiger partial charge in [0.05, 0.1) is 17.2 Å². The summed E-state index contributed by atoms with van der Waals surface area (Å²) in [5, 5.41) is 21.1. The maximum Gasteiger partial charge on any atom is 0.238 e. The van der Waals surface area contributed by atoms with E-state index in [0.717, 1.165) is 11.1 Å². The van der Waals surface area contributed by atoms with E-state index in [2.05, 4.69) is 0 Å². The number of benzene rings is 3. The van der Waals surface area contributed by atoms with Crippen LogP contribution in [-0.4, -0.2) is 23.3 Å². The first-order chi connectivity index (χ1) is 15.4.